The van der Waals surface area contributed by atoms with Gasteiger partial charge < -0.3 is 5.32 Å². The van der Waals surface area contributed by atoms with E-state index in [1.807, 2.05) is 11.8 Å². The molecule has 92 valence electrons. The number of amidine groups is 1. The second kappa shape index (κ2) is 5.13. The van der Waals surface area contributed by atoms with E-state index in [1.165, 1.54) is 11.1 Å². The Morgan fingerprint density at radius 2 is 2.12 bits per heavy atom. The van der Waals surface area contributed by atoms with E-state index in [0.29, 0.717) is 5.41 Å². The second-order valence-electron chi connectivity index (χ2n) is 5.35. The Kier molecular flexibility index (Phi) is 3.77. The third-order valence-corrected chi connectivity index (χ3v) is 4.41. The van der Waals surface area contributed by atoms with Gasteiger partial charge in [0, 0.05) is 18.8 Å². The Balaban J connectivity index is 1.92. The summed E-state index contributed by atoms with van der Waals surface area (Å²) in [6, 6.07) is 8.48. The molecule has 0 saturated heterocycles. The zero-order valence-corrected chi connectivity index (χ0v) is 11.6. The molecule has 1 aliphatic rings. The number of hydrogen-bond acceptors (Lipinski definition) is 3. The number of hydrogen-bond donors (Lipinski definition) is 1. The molecule has 1 N–H and O–H groups in total. The zero-order chi connectivity index (χ0) is 12.3. The molecular formula is C14H20N2S. The molecule has 3 heteroatoms. The van der Waals surface area contributed by atoms with E-state index < -0.39 is 0 Å². The largest absolute Gasteiger partial charge is 0.361 e. The lowest BCUT2D eigenvalue weighted by atomic mass is 9.97. The summed E-state index contributed by atoms with van der Waals surface area (Å²) < 4.78 is 0. The first-order valence-electron chi connectivity index (χ1n) is 6.02. The highest BCUT2D eigenvalue weighted by molar-refractivity contribution is 8.13. The summed E-state index contributed by atoms with van der Waals surface area (Å²) in [6.07, 6.45) is 0. The fourth-order valence-corrected chi connectivity index (χ4v) is 2.68. The average Bonchev–Trinajstić information content (AvgIpc) is 2.30. The molecule has 0 saturated carbocycles. The first-order chi connectivity index (χ1) is 8.07. The average molecular weight is 248 g/mol. The number of aliphatic imine (C=N–C) groups is 1. The van der Waals surface area contributed by atoms with Crippen LogP contribution in [0.15, 0.2) is 29.3 Å². The predicted octanol–water partition coefficient (Wildman–Crippen LogP) is 3.21. The Morgan fingerprint density at radius 1 is 1.35 bits per heavy atom. The van der Waals surface area contributed by atoms with Crippen molar-refractivity contribution in [3.8, 4) is 0 Å². The maximum Gasteiger partial charge on any atom is 0.156 e. The maximum atomic E-state index is 4.60. The monoisotopic (exact) mass is 248 g/mol. The van der Waals surface area contributed by atoms with Crippen LogP contribution in [-0.4, -0.2) is 17.5 Å². The molecule has 1 aromatic rings. The van der Waals surface area contributed by atoms with Crippen LogP contribution in [0.1, 0.15) is 25.0 Å². The van der Waals surface area contributed by atoms with Gasteiger partial charge in [-0.05, 0) is 23.5 Å². The van der Waals surface area contributed by atoms with Crippen LogP contribution in [-0.2, 0) is 6.54 Å². The molecule has 1 aromatic carbocycles. The van der Waals surface area contributed by atoms with Crippen molar-refractivity contribution in [3.63, 3.8) is 0 Å². The van der Waals surface area contributed by atoms with Crippen LogP contribution < -0.4 is 5.32 Å². The lowest BCUT2D eigenvalue weighted by Crippen LogP contribution is -2.31. The van der Waals surface area contributed by atoms with E-state index >= 15 is 0 Å². The van der Waals surface area contributed by atoms with E-state index in [-0.39, 0.29) is 0 Å². The number of nitrogens with zero attached hydrogens (tertiary/aromatic N) is 1. The summed E-state index contributed by atoms with van der Waals surface area (Å²) in [7, 11) is 0. The van der Waals surface area contributed by atoms with Gasteiger partial charge in [-0.25, -0.2) is 0 Å². The number of nitrogens with one attached hydrogen (secondary N) is 1. The van der Waals surface area contributed by atoms with E-state index in [0.717, 1.165) is 24.0 Å². The molecular weight excluding hydrogens is 228 g/mol. The van der Waals surface area contributed by atoms with E-state index in [1.54, 1.807) is 0 Å². The SMILES string of the molecule is Cc1ccccc1CNC1=NCC(C)(C)CS1. The summed E-state index contributed by atoms with van der Waals surface area (Å²) in [5, 5.41) is 4.52. The van der Waals surface area contributed by atoms with Gasteiger partial charge in [-0.1, -0.05) is 49.9 Å². The molecule has 1 heterocycles. The minimum absolute atomic E-state index is 0.346. The number of rotatable bonds is 2. The minimum Gasteiger partial charge on any atom is -0.361 e. The molecule has 17 heavy (non-hydrogen) atoms. The molecule has 0 atom stereocenters. The lowest BCUT2D eigenvalue weighted by Gasteiger charge is -2.27. The summed E-state index contributed by atoms with van der Waals surface area (Å²) in [4.78, 5) is 4.60. The van der Waals surface area contributed by atoms with Crippen LogP contribution in [0.2, 0.25) is 0 Å². The molecule has 0 radical (unpaired) electrons. The van der Waals surface area contributed by atoms with Crippen LogP contribution >= 0.6 is 11.8 Å². The van der Waals surface area contributed by atoms with Crippen LogP contribution in [0, 0.1) is 12.3 Å². The van der Waals surface area contributed by atoms with Crippen molar-refractivity contribution in [3.05, 3.63) is 35.4 Å². The topological polar surface area (TPSA) is 24.4 Å². The highest BCUT2D eigenvalue weighted by Gasteiger charge is 2.23. The minimum atomic E-state index is 0.346. The van der Waals surface area contributed by atoms with Crippen molar-refractivity contribution in [1.82, 2.24) is 5.32 Å². The van der Waals surface area contributed by atoms with Gasteiger partial charge in [0.1, 0.15) is 0 Å². The Hall–Kier alpha value is -0.960. The van der Waals surface area contributed by atoms with Gasteiger partial charge in [-0.2, -0.15) is 0 Å². The fraction of sp³-hybridized carbons (Fsp3) is 0.500. The summed E-state index contributed by atoms with van der Waals surface area (Å²) >= 11 is 1.83. The van der Waals surface area contributed by atoms with E-state index in [9.17, 15) is 0 Å². The smallest absolute Gasteiger partial charge is 0.156 e. The molecule has 2 rings (SSSR count). The van der Waals surface area contributed by atoms with Gasteiger partial charge in [0.05, 0.1) is 0 Å². The molecule has 2 nitrogen and oxygen atoms in total. The quantitative estimate of drug-likeness (QED) is 0.869. The zero-order valence-electron chi connectivity index (χ0n) is 10.8. The van der Waals surface area contributed by atoms with Crippen LogP contribution in [0.5, 0.6) is 0 Å². The van der Waals surface area contributed by atoms with Gasteiger partial charge in [0.15, 0.2) is 5.17 Å². The molecule has 0 aromatic heterocycles. The summed E-state index contributed by atoms with van der Waals surface area (Å²) in [6.45, 7) is 8.48. The molecule has 0 aliphatic carbocycles. The molecule has 0 spiro atoms. The molecule has 1 aliphatic heterocycles. The Morgan fingerprint density at radius 3 is 2.76 bits per heavy atom. The number of thioether (sulfide) groups is 1. The lowest BCUT2D eigenvalue weighted by molar-refractivity contribution is 0.436. The van der Waals surface area contributed by atoms with Crippen LogP contribution in [0.3, 0.4) is 0 Å². The maximum absolute atomic E-state index is 4.60. The van der Waals surface area contributed by atoms with Crippen molar-refractivity contribution in [2.75, 3.05) is 12.3 Å². The Bertz CT molecular complexity index is 424. The standard InChI is InChI=1S/C14H20N2S/c1-11-6-4-5-7-12(11)8-15-13-16-9-14(2,3)10-17-13/h4-7H,8-10H2,1-3H3,(H,15,16). The normalized spacial score (nSPS) is 18.6. The van der Waals surface area contributed by atoms with Crippen molar-refractivity contribution in [2.45, 2.75) is 27.3 Å². The second-order valence-corrected chi connectivity index (χ2v) is 6.32. The van der Waals surface area contributed by atoms with Gasteiger partial charge in [0.2, 0.25) is 0 Å². The van der Waals surface area contributed by atoms with Gasteiger partial charge in [-0.3, -0.25) is 4.99 Å². The Labute approximate surface area is 108 Å². The van der Waals surface area contributed by atoms with E-state index in [2.05, 4.69) is 55.3 Å². The first kappa shape index (κ1) is 12.5. The highest BCUT2D eigenvalue weighted by atomic mass is 32.2. The van der Waals surface area contributed by atoms with Gasteiger partial charge in [0.25, 0.3) is 0 Å². The van der Waals surface area contributed by atoms with Gasteiger partial charge >= 0.3 is 0 Å². The third kappa shape index (κ3) is 3.50. The van der Waals surface area contributed by atoms with Crippen molar-refractivity contribution >= 4 is 16.9 Å². The first-order valence-corrected chi connectivity index (χ1v) is 7.01. The molecule has 0 unspecified atom stereocenters. The van der Waals surface area contributed by atoms with Crippen LogP contribution in [0.25, 0.3) is 0 Å². The summed E-state index contributed by atoms with van der Waals surface area (Å²) in [5.41, 5.74) is 3.03. The predicted molar refractivity (Wildman–Crippen MR) is 76.6 cm³/mol. The highest BCUT2D eigenvalue weighted by Crippen LogP contribution is 2.27. The van der Waals surface area contributed by atoms with Crippen molar-refractivity contribution in [1.29, 1.82) is 0 Å². The third-order valence-electron chi connectivity index (χ3n) is 2.94. The number of aryl methyl sites for hydroxylation is 1. The fourth-order valence-electron chi connectivity index (χ4n) is 1.73. The van der Waals surface area contributed by atoms with Gasteiger partial charge in [-0.15, -0.1) is 0 Å². The summed E-state index contributed by atoms with van der Waals surface area (Å²) in [5.74, 6) is 1.15. The van der Waals surface area contributed by atoms with Crippen molar-refractivity contribution < 1.29 is 0 Å². The van der Waals surface area contributed by atoms with Crippen LogP contribution in [0.4, 0.5) is 0 Å². The van der Waals surface area contributed by atoms with E-state index in [4.69, 9.17) is 0 Å². The van der Waals surface area contributed by atoms with Crippen molar-refractivity contribution in [2.24, 2.45) is 10.4 Å². The molecule has 0 amide bonds. The molecule has 0 fully saturated rings. The number of benzene rings is 1. The molecule has 0 bridgehead atoms.